The van der Waals surface area contributed by atoms with Gasteiger partial charge in [-0.1, -0.05) is 44.0 Å². The summed E-state index contributed by atoms with van der Waals surface area (Å²) in [6.07, 6.45) is 5.37. The van der Waals surface area contributed by atoms with Crippen LogP contribution in [0.3, 0.4) is 0 Å². The van der Waals surface area contributed by atoms with Gasteiger partial charge < -0.3 is 26.4 Å². The van der Waals surface area contributed by atoms with Crippen LogP contribution in [0.25, 0.3) is 21.9 Å². The Kier molecular flexibility index (Phi) is 6.80. The van der Waals surface area contributed by atoms with Crippen molar-refractivity contribution in [2.45, 2.75) is 44.7 Å². The summed E-state index contributed by atoms with van der Waals surface area (Å²) in [5.41, 5.74) is 15.7. The molecule has 38 heavy (non-hydrogen) atoms. The number of nitrogen functional groups attached to an aromatic ring is 1. The normalized spacial score (nSPS) is 15.4. The third-order valence-electron chi connectivity index (χ3n) is 7.61. The fraction of sp³-hybridized carbons (Fsp3) is 0.300. The Bertz CT molecular complexity index is 1470. The quantitative estimate of drug-likeness (QED) is 0.324. The smallest absolute Gasteiger partial charge is 0.254 e. The lowest BCUT2D eigenvalue weighted by atomic mass is 9.94. The molecule has 0 atom stereocenters. The molecule has 8 heteroatoms. The van der Waals surface area contributed by atoms with Gasteiger partial charge in [-0.15, -0.1) is 0 Å². The summed E-state index contributed by atoms with van der Waals surface area (Å²) in [5, 5.41) is 5.05. The summed E-state index contributed by atoms with van der Waals surface area (Å²) in [6.45, 7) is 4.12. The summed E-state index contributed by atoms with van der Waals surface area (Å²) in [7, 11) is 1.53. The monoisotopic (exact) mass is 512 g/mol. The standard InChI is InChI=1S/C30H32N4O4/c1-17(28(32)35)15-34-16-25-22(30(34)37)11-10-18-8-9-19(12-23(18)25)20-13-24(27(31)26(14-20)38-2)29(36)33-21-6-4-3-5-7-21/h8-14,21H,1,3-7,15-16,31H2,2H3,(H2,32,35)(H,33,36). The number of carbonyl (C=O) groups is 3. The fourth-order valence-electron chi connectivity index (χ4n) is 5.46. The molecule has 2 aliphatic rings. The van der Waals surface area contributed by atoms with Crippen LogP contribution in [0.5, 0.6) is 5.75 Å². The van der Waals surface area contributed by atoms with E-state index in [1.165, 1.54) is 13.5 Å². The van der Waals surface area contributed by atoms with Crippen molar-refractivity contribution in [1.82, 2.24) is 10.2 Å². The van der Waals surface area contributed by atoms with Crippen molar-refractivity contribution >= 4 is 34.2 Å². The van der Waals surface area contributed by atoms with Gasteiger partial charge in [0.05, 0.1) is 24.9 Å². The van der Waals surface area contributed by atoms with E-state index in [0.29, 0.717) is 29.1 Å². The zero-order valence-electron chi connectivity index (χ0n) is 21.5. The molecule has 5 rings (SSSR count). The molecule has 3 aromatic carbocycles. The second-order valence-corrected chi connectivity index (χ2v) is 10.1. The zero-order chi connectivity index (χ0) is 27.0. The minimum absolute atomic E-state index is 0.0820. The highest BCUT2D eigenvalue weighted by molar-refractivity contribution is 6.06. The van der Waals surface area contributed by atoms with Crippen LogP contribution < -0.4 is 21.5 Å². The second kappa shape index (κ2) is 10.2. The Morgan fingerprint density at radius 1 is 1.08 bits per heavy atom. The van der Waals surface area contributed by atoms with Gasteiger partial charge in [-0.05, 0) is 64.6 Å². The molecule has 0 unspecified atom stereocenters. The third-order valence-corrected chi connectivity index (χ3v) is 7.61. The molecule has 0 radical (unpaired) electrons. The fourth-order valence-corrected chi connectivity index (χ4v) is 5.46. The number of fused-ring (bicyclic) bond motifs is 3. The number of hydrogen-bond acceptors (Lipinski definition) is 5. The average Bonchev–Trinajstić information content (AvgIpc) is 3.24. The molecule has 3 aromatic rings. The topological polar surface area (TPSA) is 128 Å². The van der Waals surface area contributed by atoms with Gasteiger partial charge in [0.2, 0.25) is 5.91 Å². The van der Waals surface area contributed by atoms with E-state index in [0.717, 1.165) is 53.1 Å². The maximum absolute atomic E-state index is 13.2. The molecule has 1 aliphatic heterocycles. The van der Waals surface area contributed by atoms with E-state index >= 15 is 0 Å². The van der Waals surface area contributed by atoms with E-state index in [-0.39, 0.29) is 30.0 Å². The van der Waals surface area contributed by atoms with Gasteiger partial charge in [-0.25, -0.2) is 0 Å². The number of anilines is 1. The molecule has 1 aliphatic carbocycles. The maximum atomic E-state index is 13.2. The van der Waals surface area contributed by atoms with Gasteiger partial charge in [0.1, 0.15) is 5.75 Å². The zero-order valence-corrected chi connectivity index (χ0v) is 21.5. The summed E-state index contributed by atoms with van der Waals surface area (Å²) >= 11 is 0. The van der Waals surface area contributed by atoms with Crippen molar-refractivity contribution in [2.24, 2.45) is 5.73 Å². The van der Waals surface area contributed by atoms with E-state index in [2.05, 4.69) is 11.9 Å². The summed E-state index contributed by atoms with van der Waals surface area (Å²) in [5.74, 6) is -0.555. The van der Waals surface area contributed by atoms with Gasteiger partial charge in [-0.2, -0.15) is 0 Å². The Morgan fingerprint density at radius 3 is 2.53 bits per heavy atom. The number of ether oxygens (including phenoxy) is 1. The molecule has 5 N–H and O–H groups in total. The Hall–Kier alpha value is -4.33. The van der Waals surface area contributed by atoms with Gasteiger partial charge in [0, 0.05) is 23.7 Å². The Morgan fingerprint density at radius 2 is 1.82 bits per heavy atom. The van der Waals surface area contributed by atoms with Gasteiger partial charge in [0.15, 0.2) is 0 Å². The van der Waals surface area contributed by atoms with Crippen LogP contribution >= 0.6 is 0 Å². The van der Waals surface area contributed by atoms with Gasteiger partial charge in [-0.3, -0.25) is 14.4 Å². The number of benzene rings is 3. The first-order valence-corrected chi connectivity index (χ1v) is 12.9. The van der Waals surface area contributed by atoms with Crippen LogP contribution in [0.4, 0.5) is 5.69 Å². The summed E-state index contributed by atoms with van der Waals surface area (Å²) in [4.78, 5) is 39.3. The predicted molar refractivity (Wildman–Crippen MR) is 148 cm³/mol. The minimum Gasteiger partial charge on any atom is -0.495 e. The molecule has 0 bridgehead atoms. The lowest BCUT2D eigenvalue weighted by Crippen LogP contribution is -2.36. The van der Waals surface area contributed by atoms with Crippen LogP contribution in [0, 0.1) is 0 Å². The van der Waals surface area contributed by atoms with E-state index in [9.17, 15) is 14.4 Å². The molecule has 1 fully saturated rings. The molecule has 0 aromatic heterocycles. The van der Waals surface area contributed by atoms with Gasteiger partial charge in [0.25, 0.3) is 11.8 Å². The third kappa shape index (κ3) is 4.69. The van der Waals surface area contributed by atoms with Crippen LogP contribution in [0.1, 0.15) is 58.4 Å². The number of nitrogens with two attached hydrogens (primary N) is 2. The van der Waals surface area contributed by atoms with Crippen molar-refractivity contribution < 1.29 is 19.1 Å². The number of nitrogens with one attached hydrogen (secondary N) is 1. The molecule has 1 saturated carbocycles. The number of primary amides is 1. The van der Waals surface area contributed by atoms with Crippen molar-refractivity contribution in [3.05, 3.63) is 71.3 Å². The number of methoxy groups -OCH3 is 1. The first kappa shape index (κ1) is 25.3. The van der Waals surface area contributed by atoms with E-state index in [1.807, 2.05) is 36.4 Å². The molecule has 0 spiro atoms. The number of nitrogens with zero attached hydrogens (tertiary/aromatic N) is 1. The predicted octanol–water partition coefficient (Wildman–Crippen LogP) is 4.16. The highest BCUT2D eigenvalue weighted by atomic mass is 16.5. The molecular weight excluding hydrogens is 480 g/mol. The number of amides is 3. The molecule has 8 nitrogen and oxygen atoms in total. The molecule has 0 saturated heterocycles. The van der Waals surface area contributed by atoms with Crippen molar-refractivity contribution in [3.63, 3.8) is 0 Å². The van der Waals surface area contributed by atoms with Crippen molar-refractivity contribution in [1.29, 1.82) is 0 Å². The summed E-state index contributed by atoms with van der Waals surface area (Å²) < 4.78 is 5.53. The van der Waals surface area contributed by atoms with Gasteiger partial charge >= 0.3 is 0 Å². The molecule has 196 valence electrons. The van der Waals surface area contributed by atoms with E-state index in [1.54, 1.807) is 11.0 Å². The van der Waals surface area contributed by atoms with Crippen molar-refractivity contribution in [2.75, 3.05) is 19.4 Å². The first-order valence-electron chi connectivity index (χ1n) is 12.9. The SMILES string of the molecule is C=C(CN1Cc2c(ccc3ccc(-c4cc(OC)c(N)c(C(=O)NC5CCCCC5)c4)cc23)C1=O)C(N)=O. The van der Waals surface area contributed by atoms with Crippen molar-refractivity contribution in [3.8, 4) is 16.9 Å². The summed E-state index contributed by atoms with van der Waals surface area (Å²) in [6, 6.07) is 13.5. The second-order valence-electron chi connectivity index (χ2n) is 10.1. The van der Waals surface area contributed by atoms with E-state index in [4.69, 9.17) is 16.2 Å². The maximum Gasteiger partial charge on any atom is 0.254 e. The van der Waals surface area contributed by atoms with Crippen LogP contribution in [-0.2, 0) is 11.3 Å². The first-order chi connectivity index (χ1) is 18.3. The van der Waals surface area contributed by atoms with E-state index < -0.39 is 5.91 Å². The highest BCUT2D eigenvalue weighted by Gasteiger charge is 2.30. The molecular formula is C30H32N4O4. The largest absolute Gasteiger partial charge is 0.495 e. The minimum atomic E-state index is -0.624. The molecule has 1 heterocycles. The highest BCUT2D eigenvalue weighted by Crippen LogP contribution is 2.37. The van der Waals surface area contributed by atoms with Crippen LogP contribution in [0.15, 0.2) is 54.6 Å². The number of hydrogen-bond donors (Lipinski definition) is 3. The number of rotatable bonds is 7. The Balaban J connectivity index is 1.51. The number of carbonyl (C=O) groups excluding carboxylic acids is 3. The molecule has 3 amide bonds. The average molecular weight is 513 g/mol. The lowest BCUT2D eigenvalue weighted by Gasteiger charge is -2.23. The lowest BCUT2D eigenvalue weighted by molar-refractivity contribution is -0.114. The van der Waals surface area contributed by atoms with Crippen LogP contribution in [-0.4, -0.2) is 42.3 Å². The Labute approximate surface area is 221 Å². The van der Waals surface area contributed by atoms with Crippen LogP contribution in [0.2, 0.25) is 0 Å².